The second-order valence-corrected chi connectivity index (χ2v) is 4.94. The van der Waals surface area contributed by atoms with Gasteiger partial charge in [-0.1, -0.05) is 24.9 Å². The van der Waals surface area contributed by atoms with Crippen LogP contribution in [0.2, 0.25) is 5.02 Å². The Morgan fingerprint density at radius 3 is 2.82 bits per heavy atom. The van der Waals surface area contributed by atoms with Crippen molar-refractivity contribution < 1.29 is 4.79 Å². The van der Waals surface area contributed by atoms with Crippen LogP contribution >= 0.6 is 11.6 Å². The van der Waals surface area contributed by atoms with E-state index in [4.69, 9.17) is 11.6 Å². The van der Waals surface area contributed by atoms with E-state index >= 15 is 0 Å². The smallest absolute Gasteiger partial charge is 0.272 e. The van der Waals surface area contributed by atoms with E-state index < -0.39 is 0 Å². The lowest BCUT2D eigenvalue weighted by Crippen LogP contribution is -2.38. The van der Waals surface area contributed by atoms with Gasteiger partial charge < -0.3 is 4.90 Å². The molecule has 0 aliphatic carbocycles. The number of carbonyl (C=O) groups is 1. The predicted molar refractivity (Wildman–Crippen MR) is 68.2 cm³/mol. The Bertz CT molecular complexity index is 400. The first-order chi connectivity index (χ1) is 8.20. The van der Waals surface area contributed by atoms with Gasteiger partial charge in [-0.25, -0.2) is 0 Å². The predicted octanol–water partition coefficient (Wildman–Crippen LogP) is 3.00. The van der Waals surface area contributed by atoms with Gasteiger partial charge in [0.15, 0.2) is 0 Å². The van der Waals surface area contributed by atoms with Crippen molar-refractivity contribution in [3.8, 4) is 0 Å². The fraction of sp³-hybridized carbons (Fsp3) is 0.538. The summed E-state index contributed by atoms with van der Waals surface area (Å²) in [6, 6.07) is 3.32. The molecule has 0 spiro atoms. The van der Waals surface area contributed by atoms with Crippen molar-refractivity contribution in [3.63, 3.8) is 0 Å². The van der Waals surface area contributed by atoms with Crippen molar-refractivity contribution in [2.75, 3.05) is 13.1 Å². The number of carbonyl (C=O) groups excluding carboxylic acids is 1. The molecule has 1 amide bonds. The van der Waals surface area contributed by atoms with Crippen LogP contribution in [0.3, 0.4) is 0 Å². The largest absolute Gasteiger partial charge is 0.337 e. The van der Waals surface area contributed by atoms with Crippen LogP contribution in [0.15, 0.2) is 18.3 Å². The molecule has 2 heterocycles. The summed E-state index contributed by atoms with van der Waals surface area (Å²) in [5, 5.41) is 0.562. The summed E-state index contributed by atoms with van der Waals surface area (Å²) in [7, 11) is 0. The molecule has 0 N–H and O–H groups in total. The van der Waals surface area contributed by atoms with Crippen LogP contribution in [0.25, 0.3) is 0 Å². The van der Waals surface area contributed by atoms with E-state index in [0.717, 1.165) is 31.8 Å². The summed E-state index contributed by atoms with van der Waals surface area (Å²) >= 11 is 5.86. The molecule has 2 rings (SSSR count). The number of aromatic nitrogens is 1. The summed E-state index contributed by atoms with van der Waals surface area (Å²) in [4.78, 5) is 18.1. The van der Waals surface area contributed by atoms with Gasteiger partial charge in [-0.3, -0.25) is 9.78 Å². The maximum absolute atomic E-state index is 12.2. The highest BCUT2D eigenvalue weighted by Gasteiger charge is 2.23. The Hall–Kier alpha value is -1.09. The lowest BCUT2D eigenvalue weighted by molar-refractivity contribution is 0.0683. The minimum absolute atomic E-state index is 0.00190. The van der Waals surface area contributed by atoms with Crippen molar-refractivity contribution in [2.24, 2.45) is 5.92 Å². The number of halogens is 1. The van der Waals surface area contributed by atoms with Crippen LogP contribution in [0.1, 0.15) is 36.7 Å². The maximum atomic E-state index is 12.2. The molecule has 0 aromatic carbocycles. The van der Waals surface area contributed by atoms with Crippen molar-refractivity contribution in [1.82, 2.24) is 9.88 Å². The number of hydrogen-bond donors (Lipinski definition) is 0. The van der Waals surface area contributed by atoms with Gasteiger partial charge >= 0.3 is 0 Å². The zero-order valence-corrected chi connectivity index (χ0v) is 10.8. The molecule has 0 atom stereocenters. The molecule has 0 bridgehead atoms. The van der Waals surface area contributed by atoms with E-state index in [-0.39, 0.29) is 5.91 Å². The third-order valence-electron chi connectivity index (χ3n) is 3.42. The fourth-order valence-corrected chi connectivity index (χ4v) is 2.39. The molecule has 1 aliphatic heterocycles. The standard InChI is InChI=1S/C13H17ClN2O/c1-2-10-4-7-16(8-5-10)13(17)12-9-11(14)3-6-15-12/h3,6,9-10H,2,4-5,7-8H2,1H3. The van der Waals surface area contributed by atoms with E-state index in [0.29, 0.717) is 10.7 Å². The molecule has 1 saturated heterocycles. The van der Waals surface area contributed by atoms with Crippen LogP contribution < -0.4 is 0 Å². The molecule has 1 fully saturated rings. The number of likely N-dealkylation sites (tertiary alicyclic amines) is 1. The van der Waals surface area contributed by atoms with Crippen molar-refractivity contribution >= 4 is 17.5 Å². The Morgan fingerprint density at radius 1 is 1.53 bits per heavy atom. The topological polar surface area (TPSA) is 33.2 Å². The van der Waals surface area contributed by atoms with E-state index in [9.17, 15) is 4.79 Å². The minimum Gasteiger partial charge on any atom is -0.337 e. The van der Waals surface area contributed by atoms with Gasteiger partial charge in [0.25, 0.3) is 5.91 Å². The summed E-state index contributed by atoms with van der Waals surface area (Å²) in [5.74, 6) is 0.772. The SMILES string of the molecule is CCC1CCN(C(=O)c2cc(Cl)ccn2)CC1. The number of nitrogens with zero attached hydrogens (tertiary/aromatic N) is 2. The molecule has 4 heteroatoms. The number of hydrogen-bond acceptors (Lipinski definition) is 2. The molecule has 0 saturated carbocycles. The van der Waals surface area contributed by atoms with Gasteiger partial charge in [-0.2, -0.15) is 0 Å². The molecular weight excluding hydrogens is 236 g/mol. The zero-order valence-electron chi connectivity index (χ0n) is 10.0. The van der Waals surface area contributed by atoms with Gasteiger partial charge in [0.2, 0.25) is 0 Å². The fourth-order valence-electron chi connectivity index (χ4n) is 2.23. The second kappa shape index (κ2) is 5.50. The molecule has 1 aromatic heterocycles. The zero-order chi connectivity index (χ0) is 12.3. The van der Waals surface area contributed by atoms with Crippen LogP contribution in [-0.4, -0.2) is 28.9 Å². The molecule has 0 radical (unpaired) electrons. The van der Waals surface area contributed by atoms with Crippen LogP contribution in [0.4, 0.5) is 0 Å². The Kier molecular flexibility index (Phi) is 4.00. The van der Waals surface area contributed by atoms with E-state index in [1.54, 1.807) is 18.3 Å². The molecule has 3 nitrogen and oxygen atoms in total. The molecular formula is C13H17ClN2O. The lowest BCUT2D eigenvalue weighted by Gasteiger charge is -2.31. The number of pyridine rings is 1. The number of piperidine rings is 1. The maximum Gasteiger partial charge on any atom is 0.272 e. The molecule has 17 heavy (non-hydrogen) atoms. The first-order valence-corrected chi connectivity index (χ1v) is 6.49. The minimum atomic E-state index is 0.00190. The quantitative estimate of drug-likeness (QED) is 0.811. The Morgan fingerprint density at radius 2 is 2.24 bits per heavy atom. The van der Waals surface area contributed by atoms with E-state index in [1.807, 2.05) is 4.90 Å². The Labute approximate surface area is 107 Å². The van der Waals surface area contributed by atoms with Gasteiger partial charge in [0, 0.05) is 24.3 Å². The van der Waals surface area contributed by atoms with Crippen molar-refractivity contribution in [3.05, 3.63) is 29.0 Å². The van der Waals surface area contributed by atoms with Gasteiger partial charge in [0.05, 0.1) is 0 Å². The summed E-state index contributed by atoms with van der Waals surface area (Å²) in [6.07, 6.45) is 4.98. The summed E-state index contributed by atoms with van der Waals surface area (Å²) in [6.45, 7) is 3.89. The number of rotatable bonds is 2. The van der Waals surface area contributed by atoms with Gasteiger partial charge in [-0.15, -0.1) is 0 Å². The first kappa shape index (κ1) is 12.4. The molecule has 0 unspecified atom stereocenters. The van der Waals surface area contributed by atoms with E-state index in [1.165, 1.54) is 6.42 Å². The monoisotopic (exact) mass is 252 g/mol. The third-order valence-corrected chi connectivity index (χ3v) is 3.66. The van der Waals surface area contributed by atoms with Gasteiger partial charge in [0.1, 0.15) is 5.69 Å². The lowest BCUT2D eigenvalue weighted by atomic mass is 9.94. The average Bonchev–Trinajstić information content (AvgIpc) is 2.38. The van der Waals surface area contributed by atoms with E-state index in [2.05, 4.69) is 11.9 Å². The highest BCUT2D eigenvalue weighted by atomic mass is 35.5. The van der Waals surface area contributed by atoms with Crippen LogP contribution in [0, 0.1) is 5.92 Å². The molecule has 1 aliphatic rings. The highest BCUT2D eigenvalue weighted by molar-refractivity contribution is 6.30. The molecule has 1 aromatic rings. The second-order valence-electron chi connectivity index (χ2n) is 4.50. The molecule has 92 valence electrons. The summed E-state index contributed by atoms with van der Waals surface area (Å²) in [5.41, 5.74) is 0.451. The summed E-state index contributed by atoms with van der Waals surface area (Å²) < 4.78 is 0. The first-order valence-electron chi connectivity index (χ1n) is 6.11. The van der Waals surface area contributed by atoms with Crippen molar-refractivity contribution in [1.29, 1.82) is 0 Å². The average molecular weight is 253 g/mol. The highest BCUT2D eigenvalue weighted by Crippen LogP contribution is 2.21. The van der Waals surface area contributed by atoms with Crippen molar-refractivity contribution in [2.45, 2.75) is 26.2 Å². The third kappa shape index (κ3) is 2.97. The van der Waals surface area contributed by atoms with Crippen LogP contribution in [0.5, 0.6) is 0 Å². The Balaban J connectivity index is 2.02. The number of amides is 1. The van der Waals surface area contributed by atoms with Crippen LogP contribution in [-0.2, 0) is 0 Å². The normalized spacial score (nSPS) is 17.2. The van der Waals surface area contributed by atoms with Gasteiger partial charge in [-0.05, 0) is 30.9 Å².